The smallest absolute Gasteiger partial charge is 0.234 e. The summed E-state index contributed by atoms with van der Waals surface area (Å²) in [6.07, 6.45) is 2.32. The van der Waals surface area contributed by atoms with Gasteiger partial charge in [0.2, 0.25) is 5.91 Å². The van der Waals surface area contributed by atoms with Gasteiger partial charge in [-0.05, 0) is 25.0 Å². The molecule has 1 saturated carbocycles. The van der Waals surface area contributed by atoms with Crippen molar-refractivity contribution in [2.45, 2.75) is 31.3 Å². The molecule has 19 heavy (non-hydrogen) atoms. The second-order valence-corrected chi connectivity index (χ2v) is 4.58. The fourth-order valence-corrected chi connectivity index (χ4v) is 1.74. The number of halogens is 2. The molecule has 1 aromatic carbocycles. The number of nitrogens with one attached hydrogen (secondary N) is 1. The van der Waals surface area contributed by atoms with Gasteiger partial charge in [0.15, 0.2) is 17.4 Å². The molecule has 0 heterocycles. The number of rotatable bonds is 7. The maximum Gasteiger partial charge on any atom is 0.234 e. The minimum atomic E-state index is -0.759. The van der Waals surface area contributed by atoms with E-state index in [1.54, 1.807) is 0 Å². The van der Waals surface area contributed by atoms with Gasteiger partial charge in [0, 0.05) is 12.5 Å². The Morgan fingerprint density at radius 1 is 1.42 bits per heavy atom. The number of hydrogen-bond donors (Lipinski definition) is 2. The number of carbonyl (C=O) groups excluding carboxylic acids is 1. The van der Waals surface area contributed by atoms with Crippen molar-refractivity contribution >= 4 is 5.91 Å². The quantitative estimate of drug-likeness (QED) is 0.786. The lowest BCUT2D eigenvalue weighted by molar-refractivity contribution is -0.120. The van der Waals surface area contributed by atoms with Crippen molar-refractivity contribution in [2.24, 2.45) is 5.73 Å². The molecule has 1 fully saturated rings. The lowest BCUT2D eigenvalue weighted by Crippen LogP contribution is -2.43. The molecule has 2 rings (SSSR count). The number of nitrogens with two attached hydrogens (primary N) is 1. The normalized spacial score (nSPS) is 16.1. The molecule has 3 N–H and O–H groups in total. The van der Waals surface area contributed by atoms with Crippen LogP contribution in [0.4, 0.5) is 8.78 Å². The third kappa shape index (κ3) is 3.89. The largest absolute Gasteiger partial charge is 0.488 e. The average Bonchev–Trinajstić information content (AvgIpc) is 3.15. The first kappa shape index (κ1) is 13.7. The second-order valence-electron chi connectivity index (χ2n) is 4.58. The van der Waals surface area contributed by atoms with Crippen molar-refractivity contribution in [3.8, 4) is 5.75 Å². The van der Waals surface area contributed by atoms with Crippen molar-refractivity contribution in [3.63, 3.8) is 0 Å². The Hall–Kier alpha value is -1.69. The van der Waals surface area contributed by atoms with E-state index in [-0.39, 0.29) is 13.0 Å². The molecule has 1 aromatic rings. The Labute approximate surface area is 109 Å². The Bertz CT molecular complexity index is 444. The van der Waals surface area contributed by atoms with Crippen LogP contribution in [0.2, 0.25) is 0 Å². The first-order valence-electron chi connectivity index (χ1n) is 6.20. The predicted octanol–water partition coefficient (Wildman–Crippen LogP) is 1.34. The molecule has 1 unspecified atom stereocenters. The van der Waals surface area contributed by atoms with Crippen molar-refractivity contribution in [1.82, 2.24) is 5.32 Å². The van der Waals surface area contributed by atoms with Crippen LogP contribution in [-0.4, -0.2) is 24.6 Å². The summed E-state index contributed by atoms with van der Waals surface area (Å²) in [5.74, 6) is -2.42. The molecule has 0 aromatic heterocycles. The summed E-state index contributed by atoms with van der Waals surface area (Å²) in [5.41, 5.74) is 5.25. The van der Waals surface area contributed by atoms with E-state index < -0.39 is 29.3 Å². The highest BCUT2D eigenvalue weighted by Crippen LogP contribution is 2.22. The number of carbonyl (C=O) groups is 1. The topological polar surface area (TPSA) is 64.4 Å². The molecule has 0 radical (unpaired) electrons. The first-order chi connectivity index (χ1) is 9.08. The Morgan fingerprint density at radius 3 is 2.58 bits per heavy atom. The van der Waals surface area contributed by atoms with E-state index in [0.29, 0.717) is 6.04 Å². The van der Waals surface area contributed by atoms with E-state index in [4.69, 9.17) is 10.5 Å². The molecule has 1 atom stereocenters. The Kier molecular flexibility index (Phi) is 4.31. The lowest BCUT2D eigenvalue weighted by Gasteiger charge is -2.15. The van der Waals surface area contributed by atoms with Gasteiger partial charge in [-0.2, -0.15) is 0 Å². The van der Waals surface area contributed by atoms with E-state index in [9.17, 15) is 13.6 Å². The van der Waals surface area contributed by atoms with E-state index in [1.807, 2.05) is 0 Å². The van der Waals surface area contributed by atoms with Gasteiger partial charge in [-0.1, -0.05) is 6.07 Å². The molecule has 104 valence electrons. The molecule has 0 saturated heterocycles. The van der Waals surface area contributed by atoms with Gasteiger partial charge in [-0.25, -0.2) is 8.78 Å². The minimum Gasteiger partial charge on any atom is -0.488 e. The Morgan fingerprint density at radius 2 is 2.05 bits per heavy atom. The van der Waals surface area contributed by atoms with Gasteiger partial charge >= 0.3 is 0 Å². The highest BCUT2D eigenvalue weighted by atomic mass is 19.1. The number of amides is 1. The van der Waals surface area contributed by atoms with Crippen molar-refractivity contribution in [3.05, 3.63) is 29.8 Å². The van der Waals surface area contributed by atoms with Crippen LogP contribution in [0.3, 0.4) is 0 Å². The number of hydrogen-bond acceptors (Lipinski definition) is 3. The zero-order chi connectivity index (χ0) is 13.8. The first-order valence-corrected chi connectivity index (χ1v) is 6.20. The summed E-state index contributed by atoms with van der Waals surface area (Å²) < 4.78 is 31.6. The SMILES string of the molecule is NC(=O)C(CCOc1c(F)cccc1F)NC1CC1. The van der Waals surface area contributed by atoms with E-state index in [0.717, 1.165) is 25.0 Å². The molecule has 0 aliphatic heterocycles. The summed E-state index contributed by atoms with van der Waals surface area (Å²) in [7, 11) is 0. The second kappa shape index (κ2) is 5.97. The zero-order valence-corrected chi connectivity index (χ0v) is 10.4. The van der Waals surface area contributed by atoms with E-state index in [1.165, 1.54) is 6.07 Å². The Balaban J connectivity index is 1.85. The van der Waals surface area contributed by atoms with Crippen molar-refractivity contribution in [1.29, 1.82) is 0 Å². The summed E-state index contributed by atoms with van der Waals surface area (Å²) in [4.78, 5) is 11.2. The third-order valence-electron chi connectivity index (χ3n) is 2.93. The van der Waals surface area contributed by atoms with Crippen molar-refractivity contribution in [2.75, 3.05) is 6.61 Å². The van der Waals surface area contributed by atoms with Crippen LogP contribution in [0.1, 0.15) is 19.3 Å². The van der Waals surface area contributed by atoms with E-state index >= 15 is 0 Å². The minimum absolute atomic E-state index is 0.0190. The van der Waals surface area contributed by atoms with Crippen LogP contribution in [0.25, 0.3) is 0 Å². The van der Waals surface area contributed by atoms with Gasteiger partial charge in [-0.15, -0.1) is 0 Å². The van der Waals surface area contributed by atoms with Gasteiger partial charge in [-0.3, -0.25) is 4.79 Å². The molecule has 0 spiro atoms. The summed E-state index contributed by atoms with van der Waals surface area (Å²) >= 11 is 0. The molecule has 6 heteroatoms. The van der Waals surface area contributed by atoms with Crippen LogP contribution < -0.4 is 15.8 Å². The molecule has 1 amide bonds. The number of benzene rings is 1. The van der Waals surface area contributed by atoms with Crippen LogP contribution in [0, 0.1) is 11.6 Å². The van der Waals surface area contributed by atoms with Crippen LogP contribution in [0.15, 0.2) is 18.2 Å². The highest BCUT2D eigenvalue weighted by Gasteiger charge is 2.27. The fourth-order valence-electron chi connectivity index (χ4n) is 1.74. The van der Waals surface area contributed by atoms with Crippen LogP contribution >= 0.6 is 0 Å². The molecule has 1 aliphatic rings. The average molecular weight is 270 g/mol. The fraction of sp³-hybridized carbons (Fsp3) is 0.462. The van der Waals surface area contributed by atoms with Gasteiger partial charge in [0.1, 0.15) is 0 Å². The van der Waals surface area contributed by atoms with E-state index in [2.05, 4.69) is 5.32 Å². The monoisotopic (exact) mass is 270 g/mol. The van der Waals surface area contributed by atoms with Gasteiger partial charge in [0.05, 0.1) is 12.6 Å². The summed E-state index contributed by atoms with van der Waals surface area (Å²) in [5, 5.41) is 3.06. The maximum absolute atomic E-state index is 13.3. The molecular weight excluding hydrogens is 254 g/mol. The summed E-state index contributed by atoms with van der Waals surface area (Å²) in [6, 6.07) is 3.29. The zero-order valence-electron chi connectivity index (χ0n) is 10.4. The maximum atomic E-state index is 13.3. The van der Waals surface area contributed by atoms with Crippen LogP contribution in [-0.2, 0) is 4.79 Å². The molecular formula is C13H16F2N2O2. The summed E-state index contributed by atoms with van der Waals surface area (Å²) in [6.45, 7) is 0.0190. The van der Waals surface area contributed by atoms with Crippen molar-refractivity contribution < 1.29 is 18.3 Å². The highest BCUT2D eigenvalue weighted by molar-refractivity contribution is 5.79. The molecule has 4 nitrogen and oxygen atoms in total. The number of para-hydroxylation sites is 1. The predicted molar refractivity (Wildman–Crippen MR) is 65.6 cm³/mol. The third-order valence-corrected chi connectivity index (χ3v) is 2.93. The molecule has 0 bridgehead atoms. The number of primary amides is 1. The lowest BCUT2D eigenvalue weighted by atomic mass is 10.2. The number of ether oxygens (including phenoxy) is 1. The van der Waals surface area contributed by atoms with Gasteiger partial charge in [0.25, 0.3) is 0 Å². The van der Waals surface area contributed by atoms with Crippen LogP contribution in [0.5, 0.6) is 5.75 Å². The molecule has 1 aliphatic carbocycles. The standard InChI is InChI=1S/C13H16F2N2O2/c14-9-2-1-3-10(15)12(9)19-7-6-11(13(16)18)17-8-4-5-8/h1-3,8,11,17H,4-7H2,(H2,16,18). The van der Waals surface area contributed by atoms with Gasteiger partial charge < -0.3 is 15.8 Å².